The highest BCUT2D eigenvalue weighted by atomic mass is 79.9. The van der Waals surface area contributed by atoms with Crippen LogP contribution in [-0.2, 0) is 6.18 Å². The van der Waals surface area contributed by atoms with Gasteiger partial charge in [0, 0.05) is 10.7 Å². The van der Waals surface area contributed by atoms with Crippen molar-refractivity contribution in [2.45, 2.75) is 6.18 Å². The Hall–Kier alpha value is -2.48. The summed E-state index contributed by atoms with van der Waals surface area (Å²) in [6.07, 6.45) is -3.75. The lowest BCUT2D eigenvalue weighted by atomic mass is 10.1. The molecule has 1 heterocycles. The van der Waals surface area contributed by atoms with Crippen molar-refractivity contribution in [3.05, 3.63) is 40.0 Å². The second-order valence-corrected chi connectivity index (χ2v) is 4.71. The van der Waals surface area contributed by atoms with Gasteiger partial charge in [0.2, 0.25) is 5.82 Å². The van der Waals surface area contributed by atoms with E-state index in [1.54, 1.807) is 6.07 Å². The van der Waals surface area contributed by atoms with Crippen LogP contribution in [0.15, 0.2) is 22.8 Å². The smallest absolute Gasteiger partial charge is 0.359 e. The molecule has 0 atom stereocenters. The van der Waals surface area contributed by atoms with Crippen LogP contribution in [0.2, 0.25) is 0 Å². The molecule has 0 unspecified atom stereocenters. The number of alkyl halides is 3. The van der Waals surface area contributed by atoms with Crippen molar-refractivity contribution in [3.63, 3.8) is 0 Å². The van der Waals surface area contributed by atoms with Crippen LogP contribution in [0.3, 0.4) is 0 Å². The van der Waals surface area contributed by atoms with E-state index in [-0.39, 0.29) is 21.6 Å². The number of hydrogen-bond donors (Lipinski definition) is 2. The lowest BCUT2D eigenvalue weighted by molar-refractivity contribution is -0.139. The Balaban J connectivity index is 2.36. The molecule has 0 saturated carbocycles. The molecule has 1 aromatic carbocycles. The molecule has 0 aliphatic carbocycles. The van der Waals surface area contributed by atoms with Crippen molar-refractivity contribution < 1.29 is 17.6 Å². The minimum absolute atomic E-state index is 0.0377. The van der Waals surface area contributed by atoms with E-state index in [9.17, 15) is 17.6 Å². The average Bonchev–Trinajstić information content (AvgIpc) is 2.94. The molecule has 2 aromatic rings. The number of allylic oxidation sites excluding steroid dienone is 1. The van der Waals surface area contributed by atoms with E-state index in [1.165, 1.54) is 0 Å². The number of aromatic amines is 1. The summed E-state index contributed by atoms with van der Waals surface area (Å²) in [6, 6.07) is 3.02. The summed E-state index contributed by atoms with van der Waals surface area (Å²) in [5.41, 5.74) is -1.58. The minimum atomic E-state index is -4.84. The molecule has 0 amide bonds. The van der Waals surface area contributed by atoms with E-state index in [4.69, 9.17) is 5.26 Å². The summed E-state index contributed by atoms with van der Waals surface area (Å²) in [5.74, 6) is -1.45. The fraction of sp³-hybridized carbons (Fsp3) is 0.0909. The summed E-state index contributed by atoms with van der Waals surface area (Å²) in [6.45, 7) is 0. The third kappa shape index (κ3) is 3.40. The van der Waals surface area contributed by atoms with Gasteiger partial charge in [0.1, 0.15) is 17.5 Å². The maximum absolute atomic E-state index is 13.3. The zero-order valence-electron chi connectivity index (χ0n) is 10.4. The molecule has 0 saturated heterocycles. The maximum atomic E-state index is 13.3. The van der Waals surface area contributed by atoms with E-state index < -0.39 is 17.6 Å². The number of nitrogens with one attached hydrogen (secondary N) is 2. The van der Waals surface area contributed by atoms with Crippen molar-refractivity contribution in [2.24, 2.45) is 0 Å². The second kappa shape index (κ2) is 6.10. The van der Waals surface area contributed by atoms with Crippen LogP contribution < -0.4 is 5.32 Å². The summed E-state index contributed by atoms with van der Waals surface area (Å²) in [7, 11) is 0. The van der Waals surface area contributed by atoms with Gasteiger partial charge in [-0.3, -0.25) is 0 Å². The molecule has 114 valence electrons. The van der Waals surface area contributed by atoms with Crippen molar-refractivity contribution >= 4 is 27.2 Å². The number of halogens is 5. The molecule has 0 aliphatic heterocycles. The summed E-state index contributed by atoms with van der Waals surface area (Å²) < 4.78 is 51.4. The predicted octanol–water partition coefficient (Wildman–Crippen LogP) is 3.10. The van der Waals surface area contributed by atoms with Crippen LogP contribution in [0.25, 0.3) is 5.57 Å². The number of H-pyrrole nitrogens is 1. The lowest BCUT2D eigenvalue weighted by Gasteiger charge is -2.12. The first-order valence-corrected chi connectivity index (χ1v) is 6.29. The Morgan fingerprint density at radius 2 is 2.14 bits per heavy atom. The van der Waals surface area contributed by atoms with Gasteiger partial charge >= 0.3 is 6.18 Å². The van der Waals surface area contributed by atoms with Gasteiger partial charge in [-0.2, -0.15) is 23.6 Å². The van der Waals surface area contributed by atoms with Crippen molar-refractivity contribution in [1.29, 1.82) is 5.26 Å². The fourth-order valence-corrected chi connectivity index (χ4v) is 1.88. The van der Waals surface area contributed by atoms with Crippen molar-refractivity contribution in [3.8, 4) is 6.07 Å². The molecule has 0 bridgehead atoms. The van der Waals surface area contributed by atoms with Crippen molar-refractivity contribution in [1.82, 2.24) is 20.6 Å². The minimum Gasteiger partial charge on any atom is -0.359 e. The number of nitriles is 1. The highest BCUT2D eigenvalue weighted by Gasteiger charge is 2.34. The van der Waals surface area contributed by atoms with E-state index >= 15 is 0 Å². The molecule has 6 nitrogen and oxygen atoms in total. The molecule has 0 aliphatic rings. The van der Waals surface area contributed by atoms with E-state index in [0.29, 0.717) is 12.1 Å². The molecule has 11 heteroatoms. The molecule has 1 aromatic heterocycles. The molecule has 2 N–H and O–H groups in total. The number of rotatable bonds is 3. The molecular formula is C11H5BrF4N6. The molecule has 0 fully saturated rings. The zero-order chi connectivity index (χ0) is 16.3. The Morgan fingerprint density at radius 3 is 2.68 bits per heavy atom. The molecular weight excluding hydrogens is 372 g/mol. The van der Waals surface area contributed by atoms with Gasteiger partial charge in [0.25, 0.3) is 0 Å². The van der Waals surface area contributed by atoms with Crippen LogP contribution >= 0.6 is 15.9 Å². The summed E-state index contributed by atoms with van der Waals surface area (Å²) >= 11 is 2.94. The van der Waals surface area contributed by atoms with Gasteiger partial charge in [-0.1, -0.05) is 0 Å². The number of tetrazole rings is 1. The van der Waals surface area contributed by atoms with Gasteiger partial charge in [0.05, 0.1) is 11.3 Å². The van der Waals surface area contributed by atoms with E-state index in [1.807, 2.05) is 0 Å². The third-order valence-electron chi connectivity index (χ3n) is 2.44. The van der Waals surface area contributed by atoms with Crippen LogP contribution in [0.4, 0.5) is 23.2 Å². The van der Waals surface area contributed by atoms with Gasteiger partial charge in [-0.05, 0) is 33.3 Å². The predicted molar refractivity (Wildman–Crippen MR) is 70.5 cm³/mol. The first kappa shape index (κ1) is 15.9. The zero-order valence-corrected chi connectivity index (χ0v) is 12.0. The fourth-order valence-electron chi connectivity index (χ4n) is 1.45. The van der Waals surface area contributed by atoms with Crippen LogP contribution in [0.1, 0.15) is 11.4 Å². The average molecular weight is 377 g/mol. The second-order valence-electron chi connectivity index (χ2n) is 3.86. The first-order valence-electron chi connectivity index (χ1n) is 5.49. The lowest BCUT2D eigenvalue weighted by Crippen LogP contribution is -2.09. The summed E-state index contributed by atoms with van der Waals surface area (Å²) in [5, 5.41) is 23.9. The van der Waals surface area contributed by atoms with Crippen molar-refractivity contribution in [2.75, 3.05) is 5.32 Å². The number of nitrogens with zero attached hydrogens (tertiary/aromatic N) is 4. The van der Waals surface area contributed by atoms with Gasteiger partial charge < -0.3 is 5.32 Å². The molecule has 0 spiro atoms. The van der Waals surface area contributed by atoms with Gasteiger partial charge in [0.15, 0.2) is 0 Å². The quantitative estimate of drug-likeness (QED) is 0.634. The largest absolute Gasteiger partial charge is 0.419 e. The number of anilines is 1. The van der Waals surface area contributed by atoms with Gasteiger partial charge in [-0.15, -0.1) is 10.2 Å². The first-order chi connectivity index (χ1) is 10.3. The Kier molecular flexibility index (Phi) is 4.41. The maximum Gasteiger partial charge on any atom is 0.419 e. The molecule has 2 rings (SSSR count). The summed E-state index contributed by atoms with van der Waals surface area (Å²) in [4.78, 5) is 0. The Labute approximate surface area is 129 Å². The molecule has 22 heavy (non-hydrogen) atoms. The van der Waals surface area contributed by atoms with E-state index in [0.717, 1.165) is 6.20 Å². The standard InChI is InChI=1S/C11H5BrF4N6/c12-7-2-8(13)6(11(14,15)16)1-9(7)18-4-5(3-17)10-19-21-22-20-10/h1-2,4,18H,(H,19,20,21,22). The normalized spacial score (nSPS) is 12.1. The highest BCUT2D eigenvalue weighted by molar-refractivity contribution is 9.10. The van der Waals surface area contributed by atoms with Crippen LogP contribution in [0, 0.1) is 17.1 Å². The monoisotopic (exact) mass is 376 g/mol. The van der Waals surface area contributed by atoms with Gasteiger partial charge in [-0.25, -0.2) is 4.39 Å². The molecule has 0 radical (unpaired) electrons. The van der Waals surface area contributed by atoms with E-state index in [2.05, 4.69) is 41.9 Å². The number of hydrogen-bond acceptors (Lipinski definition) is 5. The number of benzene rings is 1. The Morgan fingerprint density at radius 1 is 1.41 bits per heavy atom. The third-order valence-corrected chi connectivity index (χ3v) is 3.10. The topological polar surface area (TPSA) is 90.3 Å². The highest BCUT2D eigenvalue weighted by Crippen LogP contribution is 2.36. The van der Waals surface area contributed by atoms with Crippen LogP contribution in [-0.4, -0.2) is 20.6 Å². The SMILES string of the molecule is N#CC(=CNc1cc(C(F)(F)F)c(F)cc1Br)c1nn[nH]n1. The van der Waals surface area contributed by atoms with Crippen LogP contribution in [0.5, 0.6) is 0 Å². The Bertz CT molecular complexity index is 747. The number of aromatic nitrogens is 4.